The van der Waals surface area contributed by atoms with Gasteiger partial charge in [-0.05, 0) is 26.3 Å². The highest BCUT2D eigenvalue weighted by molar-refractivity contribution is 7.86. The van der Waals surface area contributed by atoms with E-state index in [1.54, 1.807) is 0 Å². The maximum atomic E-state index is 10.7. The molecule has 104 valence electrons. The Morgan fingerprint density at radius 2 is 1.72 bits per heavy atom. The van der Waals surface area contributed by atoms with Gasteiger partial charge in [-0.3, -0.25) is 0 Å². The van der Waals surface area contributed by atoms with Crippen LogP contribution in [0.2, 0.25) is 0 Å². The highest BCUT2D eigenvalue weighted by Gasteiger charge is 2.36. The fraction of sp³-hybridized carbons (Fsp3) is 0.500. The van der Waals surface area contributed by atoms with Gasteiger partial charge in [0, 0.05) is 11.6 Å². The quantitative estimate of drug-likeness (QED) is 0.448. The van der Waals surface area contributed by atoms with Gasteiger partial charge in [-0.2, -0.15) is 13.2 Å². The Kier molecular flexibility index (Phi) is 5.75. The molecule has 0 bridgehead atoms. The number of aromatic nitrogens is 1. The summed E-state index contributed by atoms with van der Waals surface area (Å²) in [6.45, 7) is 7.48. The lowest BCUT2D eigenvalue weighted by Gasteiger charge is -2.08. The number of alkyl halides is 3. The average Bonchev–Trinajstić information content (AvgIpc) is 2.20. The second-order valence-corrected chi connectivity index (χ2v) is 4.91. The Balaban J connectivity index is 0.000000331. The molecule has 0 unspecified atom stereocenters. The summed E-state index contributed by atoms with van der Waals surface area (Å²) in [5.74, 6) is 0. The monoisotopic (exact) mass is 285 g/mol. The summed E-state index contributed by atoms with van der Waals surface area (Å²) in [6, 6.07) is 2.15. The van der Waals surface area contributed by atoms with Crippen molar-refractivity contribution in [2.45, 2.75) is 32.8 Å². The molecule has 0 radical (unpaired) electrons. The summed E-state index contributed by atoms with van der Waals surface area (Å²) >= 11 is 0. The molecule has 1 aromatic rings. The van der Waals surface area contributed by atoms with Crippen molar-refractivity contribution in [1.82, 2.24) is 0 Å². The Bertz CT molecular complexity index is 498. The van der Waals surface area contributed by atoms with Crippen molar-refractivity contribution in [3.63, 3.8) is 0 Å². The van der Waals surface area contributed by atoms with E-state index in [1.165, 1.54) is 11.1 Å². The molecule has 0 aliphatic heterocycles. The van der Waals surface area contributed by atoms with Gasteiger partial charge < -0.3 is 4.55 Å². The standard InChI is InChI=1S/C9H14N.CHF3O3S/c1-4-10-6-5-8(2)9(3)7-10;2-1(3,4)8(5,6)7/h5-7H,4H2,1-3H3;(H,5,6,7)/q+1;/p-1. The van der Waals surface area contributed by atoms with E-state index < -0.39 is 15.6 Å². The average molecular weight is 285 g/mol. The Morgan fingerprint density at radius 3 is 2.00 bits per heavy atom. The lowest BCUT2D eigenvalue weighted by atomic mass is 10.2. The molecule has 0 aliphatic carbocycles. The van der Waals surface area contributed by atoms with E-state index in [-0.39, 0.29) is 0 Å². The van der Waals surface area contributed by atoms with E-state index in [0.29, 0.717) is 0 Å². The van der Waals surface area contributed by atoms with Crippen LogP contribution >= 0.6 is 0 Å². The zero-order valence-electron chi connectivity index (χ0n) is 10.2. The van der Waals surface area contributed by atoms with E-state index >= 15 is 0 Å². The van der Waals surface area contributed by atoms with Gasteiger partial charge in [0.25, 0.3) is 0 Å². The zero-order valence-corrected chi connectivity index (χ0v) is 11.0. The third-order valence-electron chi connectivity index (χ3n) is 2.15. The van der Waals surface area contributed by atoms with Gasteiger partial charge in [-0.25, -0.2) is 13.0 Å². The van der Waals surface area contributed by atoms with Crippen LogP contribution < -0.4 is 4.57 Å². The number of pyridine rings is 1. The molecule has 1 rings (SSSR count). The van der Waals surface area contributed by atoms with E-state index in [9.17, 15) is 13.2 Å². The minimum Gasteiger partial charge on any atom is -0.741 e. The van der Waals surface area contributed by atoms with Gasteiger partial charge in [0.05, 0.1) is 0 Å². The summed E-state index contributed by atoms with van der Waals surface area (Å²) in [5, 5.41) is 0. The van der Waals surface area contributed by atoms with Crippen LogP contribution in [0, 0.1) is 13.8 Å². The summed E-state index contributed by atoms with van der Waals surface area (Å²) in [6.07, 6.45) is 4.29. The second kappa shape index (κ2) is 6.14. The number of rotatable bonds is 1. The molecular weight excluding hydrogens is 271 g/mol. The first-order valence-corrected chi connectivity index (χ1v) is 6.38. The number of aryl methyl sites for hydroxylation is 3. The van der Waals surface area contributed by atoms with Crippen LogP contribution in [0.25, 0.3) is 0 Å². The fourth-order valence-corrected chi connectivity index (χ4v) is 0.929. The van der Waals surface area contributed by atoms with Crippen molar-refractivity contribution in [3.05, 3.63) is 29.6 Å². The van der Waals surface area contributed by atoms with Crippen molar-refractivity contribution in [2.24, 2.45) is 0 Å². The highest BCUT2D eigenvalue weighted by atomic mass is 32.2. The van der Waals surface area contributed by atoms with Crippen molar-refractivity contribution in [3.8, 4) is 0 Å². The first kappa shape index (κ1) is 16.9. The molecule has 0 aromatic carbocycles. The molecule has 1 aromatic heterocycles. The molecule has 1 heterocycles. The lowest BCUT2D eigenvalue weighted by molar-refractivity contribution is -0.693. The zero-order chi connectivity index (χ0) is 14.6. The second-order valence-electron chi connectivity index (χ2n) is 3.54. The van der Waals surface area contributed by atoms with Crippen LogP contribution in [0.15, 0.2) is 18.5 Å². The van der Waals surface area contributed by atoms with E-state index in [4.69, 9.17) is 13.0 Å². The van der Waals surface area contributed by atoms with Crippen molar-refractivity contribution >= 4 is 10.1 Å². The van der Waals surface area contributed by atoms with E-state index in [2.05, 4.69) is 43.8 Å². The van der Waals surface area contributed by atoms with Gasteiger partial charge in [0.15, 0.2) is 22.5 Å². The summed E-state index contributed by atoms with van der Waals surface area (Å²) < 4.78 is 61.1. The highest BCUT2D eigenvalue weighted by Crippen LogP contribution is 2.20. The Labute approximate surface area is 104 Å². The smallest absolute Gasteiger partial charge is 0.485 e. The number of nitrogens with zero attached hydrogens (tertiary/aromatic N) is 1. The SMILES string of the molecule is CC[n+]1ccc(C)c(C)c1.O=S(=O)([O-])C(F)(F)F. The third-order valence-corrected chi connectivity index (χ3v) is 2.71. The maximum Gasteiger partial charge on any atom is 0.485 e. The summed E-state index contributed by atoms with van der Waals surface area (Å²) in [7, 11) is -6.09. The van der Waals surface area contributed by atoms with Gasteiger partial charge in [-0.15, -0.1) is 0 Å². The first-order chi connectivity index (χ1) is 7.99. The molecule has 0 saturated carbocycles. The first-order valence-electron chi connectivity index (χ1n) is 4.97. The van der Waals surface area contributed by atoms with Crippen LogP contribution in [0.4, 0.5) is 13.2 Å². The van der Waals surface area contributed by atoms with E-state index in [1.807, 2.05) is 0 Å². The molecule has 0 saturated heterocycles. The maximum absolute atomic E-state index is 10.7. The largest absolute Gasteiger partial charge is 0.741 e. The minimum atomic E-state index is -6.09. The number of hydrogen-bond donors (Lipinski definition) is 0. The molecule has 0 spiro atoms. The number of hydrogen-bond acceptors (Lipinski definition) is 3. The molecule has 0 amide bonds. The summed E-state index contributed by atoms with van der Waals surface area (Å²) in [4.78, 5) is 0. The van der Waals surface area contributed by atoms with Crippen LogP contribution in [0.3, 0.4) is 0 Å². The summed E-state index contributed by atoms with van der Waals surface area (Å²) in [5.41, 5.74) is -2.92. The Morgan fingerprint density at radius 1 is 1.28 bits per heavy atom. The third kappa shape index (κ3) is 5.46. The van der Waals surface area contributed by atoms with Crippen LogP contribution in [0.1, 0.15) is 18.1 Å². The normalized spacial score (nSPS) is 11.7. The molecule has 0 atom stereocenters. The molecule has 4 nitrogen and oxygen atoms in total. The predicted octanol–water partition coefficient (Wildman–Crippen LogP) is 1.66. The van der Waals surface area contributed by atoms with Crippen molar-refractivity contribution in [2.75, 3.05) is 0 Å². The Hall–Kier alpha value is -1.15. The van der Waals surface area contributed by atoms with E-state index in [0.717, 1.165) is 6.54 Å². The van der Waals surface area contributed by atoms with Crippen molar-refractivity contribution in [1.29, 1.82) is 0 Å². The molecule has 0 N–H and O–H groups in total. The van der Waals surface area contributed by atoms with Crippen LogP contribution in [-0.2, 0) is 16.7 Å². The molecule has 18 heavy (non-hydrogen) atoms. The topological polar surface area (TPSA) is 61.1 Å². The van der Waals surface area contributed by atoms with Crippen LogP contribution in [0.5, 0.6) is 0 Å². The molecule has 0 fully saturated rings. The van der Waals surface area contributed by atoms with Gasteiger partial charge >= 0.3 is 5.51 Å². The van der Waals surface area contributed by atoms with Gasteiger partial charge in [0.1, 0.15) is 6.54 Å². The molecular formula is C10H14F3NO3S. The van der Waals surface area contributed by atoms with Gasteiger partial charge in [0.2, 0.25) is 0 Å². The van der Waals surface area contributed by atoms with Crippen LogP contribution in [-0.4, -0.2) is 18.5 Å². The van der Waals surface area contributed by atoms with Gasteiger partial charge in [-0.1, -0.05) is 0 Å². The minimum absolute atomic E-state index is 1.06. The molecule has 0 aliphatic rings. The van der Waals surface area contributed by atoms with Crippen molar-refractivity contribution < 1.29 is 30.7 Å². The lowest BCUT2D eigenvalue weighted by Crippen LogP contribution is -2.31. The fourth-order valence-electron chi connectivity index (χ4n) is 0.929. The molecule has 8 heteroatoms. The number of halogens is 3. The predicted molar refractivity (Wildman–Crippen MR) is 57.5 cm³/mol.